The van der Waals surface area contributed by atoms with Crippen molar-refractivity contribution in [1.29, 1.82) is 0 Å². The Morgan fingerprint density at radius 1 is 0.981 bits per heavy atom. The van der Waals surface area contributed by atoms with Crippen LogP contribution in [-0.4, -0.2) is 122 Å². The molecule has 6 N–H and O–H groups in total. The number of hydrogen-bond donors (Lipinski definition) is 6. The number of halogens is 1. The van der Waals surface area contributed by atoms with Crippen molar-refractivity contribution in [3.05, 3.63) is 77.1 Å². The number of para-hydroxylation sites is 1. The lowest BCUT2D eigenvalue weighted by Crippen LogP contribution is -2.53. The molecule has 14 heteroatoms. The summed E-state index contributed by atoms with van der Waals surface area (Å²) in [6, 6.07) is 16.0. The van der Waals surface area contributed by atoms with Crippen LogP contribution in [0.4, 0.5) is 0 Å². The smallest absolute Gasteiger partial charge is 0.254 e. The highest BCUT2D eigenvalue weighted by Crippen LogP contribution is 2.53. The maximum atomic E-state index is 13.0. The third-order valence-electron chi connectivity index (χ3n) is 9.18. The van der Waals surface area contributed by atoms with Gasteiger partial charge in [0.1, 0.15) is 24.1 Å². The minimum Gasteiger partial charge on any atom is -0.490 e. The summed E-state index contributed by atoms with van der Waals surface area (Å²) in [5.41, 5.74) is 3.54. The van der Waals surface area contributed by atoms with Gasteiger partial charge in [-0.15, -0.1) is 11.8 Å². The largest absolute Gasteiger partial charge is 0.490 e. The Morgan fingerprint density at radius 3 is 2.50 bits per heavy atom. The minimum absolute atomic E-state index is 0.0785. The van der Waals surface area contributed by atoms with Crippen LogP contribution in [0.15, 0.2) is 65.8 Å². The van der Waals surface area contributed by atoms with Crippen molar-refractivity contribution in [2.45, 2.75) is 86.1 Å². The molecule has 0 spiro atoms. The number of nitrogens with zero attached hydrogens (tertiary/aromatic N) is 2. The highest BCUT2D eigenvalue weighted by Gasteiger charge is 2.48. The van der Waals surface area contributed by atoms with Crippen LogP contribution in [0, 0.1) is 0 Å². The molecule has 0 radical (unpaired) electrons. The molecule has 2 aliphatic carbocycles. The van der Waals surface area contributed by atoms with Gasteiger partial charge in [-0.05, 0) is 85.7 Å². The summed E-state index contributed by atoms with van der Waals surface area (Å²) < 4.78 is 18.2. The van der Waals surface area contributed by atoms with Gasteiger partial charge < -0.3 is 49.7 Å². The molecular formula is C38H49ClN2O10S. The zero-order valence-corrected chi connectivity index (χ0v) is 30.6. The number of thioether (sulfide) groups is 1. The molecule has 2 aromatic carbocycles. The van der Waals surface area contributed by atoms with Crippen molar-refractivity contribution in [1.82, 2.24) is 9.88 Å². The molecule has 2 aliphatic rings. The summed E-state index contributed by atoms with van der Waals surface area (Å²) in [5, 5.41) is 58.9. The van der Waals surface area contributed by atoms with E-state index in [0.717, 1.165) is 64.3 Å². The quantitative estimate of drug-likeness (QED) is 0.0614. The van der Waals surface area contributed by atoms with E-state index in [-0.39, 0.29) is 39.0 Å². The van der Waals surface area contributed by atoms with Crippen LogP contribution < -0.4 is 4.74 Å². The number of amides is 1. The fourth-order valence-corrected chi connectivity index (χ4v) is 6.99. The first-order valence-electron chi connectivity index (χ1n) is 17.7. The maximum Gasteiger partial charge on any atom is 0.254 e. The van der Waals surface area contributed by atoms with Crippen molar-refractivity contribution in [2.24, 2.45) is 0 Å². The molecule has 4 atom stereocenters. The summed E-state index contributed by atoms with van der Waals surface area (Å²) in [5.74, 6) is 0.753. The van der Waals surface area contributed by atoms with Gasteiger partial charge in [0.25, 0.3) is 5.91 Å². The van der Waals surface area contributed by atoms with Crippen LogP contribution in [-0.2, 0) is 26.5 Å². The van der Waals surface area contributed by atoms with E-state index in [1.54, 1.807) is 18.0 Å². The van der Waals surface area contributed by atoms with Crippen molar-refractivity contribution >= 4 is 29.3 Å². The molecule has 0 bridgehead atoms. The van der Waals surface area contributed by atoms with Gasteiger partial charge in [0.15, 0.2) is 6.10 Å². The van der Waals surface area contributed by atoms with Gasteiger partial charge in [0.05, 0.1) is 44.7 Å². The summed E-state index contributed by atoms with van der Waals surface area (Å²) >= 11 is 8.27. The van der Waals surface area contributed by atoms with Crippen molar-refractivity contribution in [2.75, 3.05) is 45.3 Å². The second-order valence-electron chi connectivity index (χ2n) is 13.2. The Bertz CT molecular complexity index is 1590. The van der Waals surface area contributed by atoms with E-state index in [2.05, 4.69) is 11.1 Å². The minimum atomic E-state index is -2.02. The molecule has 1 aromatic heterocycles. The zero-order valence-electron chi connectivity index (χ0n) is 29.1. The van der Waals surface area contributed by atoms with Crippen molar-refractivity contribution in [3.63, 3.8) is 0 Å². The van der Waals surface area contributed by atoms with Crippen LogP contribution in [0.3, 0.4) is 0 Å². The van der Waals surface area contributed by atoms with Crippen LogP contribution in [0.1, 0.15) is 49.7 Å². The Balaban J connectivity index is 1.15. The Morgan fingerprint density at radius 2 is 1.77 bits per heavy atom. The average molecular weight is 761 g/mol. The molecule has 3 aromatic rings. The third-order valence-corrected chi connectivity index (χ3v) is 10.6. The number of carbonyl (C=O) groups excluding carboxylic acids is 1. The number of pyridine rings is 1. The van der Waals surface area contributed by atoms with Crippen LogP contribution in [0.5, 0.6) is 5.75 Å². The molecule has 12 nitrogen and oxygen atoms in total. The third kappa shape index (κ3) is 10.9. The normalized spacial score (nSPS) is 17.3. The molecule has 52 heavy (non-hydrogen) atoms. The summed E-state index contributed by atoms with van der Waals surface area (Å²) in [7, 11) is 0. The number of benzene rings is 2. The zero-order chi connectivity index (χ0) is 37.1. The van der Waals surface area contributed by atoms with Crippen LogP contribution in [0.25, 0.3) is 11.1 Å². The monoisotopic (exact) mass is 760 g/mol. The first-order chi connectivity index (χ1) is 25.2. The fraction of sp³-hybridized carbons (Fsp3) is 0.526. The highest BCUT2D eigenvalue weighted by molar-refractivity contribution is 7.99. The molecule has 0 saturated heterocycles. The number of aliphatic hydroxyl groups is 6. The van der Waals surface area contributed by atoms with E-state index in [4.69, 9.17) is 36.0 Å². The maximum absolute atomic E-state index is 13.0. The first kappa shape index (κ1) is 40.4. The Kier molecular flexibility index (Phi) is 15.1. The number of aromatic nitrogens is 1. The Hall–Kier alpha value is -2.82. The second kappa shape index (κ2) is 19.5. The van der Waals surface area contributed by atoms with Crippen LogP contribution in [0.2, 0.25) is 5.02 Å². The number of carbonyl (C=O) groups is 1. The lowest BCUT2D eigenvalue weighted by atomic mass is 9.96. The standard InChI is InChI=1S/C38H49ClN2O10S/c39-31-10-9-27(52-20-4-3-15-41(16-18-49-19-17-42)37(48)36(47)35(46)34(45)32(44)23-43)21-25(31)24-50-38(12-13-38)30-22-40-14-11-28(30)29-5-1-2-6-33(29)51-26-7-8-26/h1-2,5-6,9-11,14,21-22,26,32,34-36,42-47H,3-4,7-8,12-13,15-20,23-24H2/t32-,34+,35-,36-/m0/s1. The van der Waals surface area contributed by atoms with E-state index in [1.165, 1.54) is 4.90 Å². The summed E-state index contributed by atoms with van der Waals surface area (Å²) in [6.45, 7) is -0.223. The lowest BCUT2D eigenvalue weighted by Gasteiger charge is -2.30. The number of aliphatic hydroxyl groups excluding tert-OH is 6. The summed E-state index contributed by atoms with van der Waals surface area (Å²) in [4.78, 5) is 19.8. The number of rotatable bonds is 23. The molecular weight excluding hydrogens is 712 g/mol. The van der Waals surface area contributed by atoms with E-state index in [1.807, 2.05) is 48.7 Å². The van der Waals surface area contributed by atoms with E-state index >= 15 is 0 Å². The van der Waals surface area contributed by atoms with Gasteiger partial charge in [-0.25, -0.2) is 0 Å². The molecule has 0 aliphatic heterocycles. The predicted molar refractivity (Wildman–Crippen MR) is 196 cm³/mol. The van der Waals surface area contributed by atoms with Crippen molar-refractivity contribution in [3.8, 4) is 16.9 Å². The molecule has 2 fully saturated rings. The van der Waals surface area contributed by atoms with Gasteiger partial charge in [-0.2, -0.15) is 0 Å². The molecule has 0 unspecified atom stereocenters. The van der Waals surface area contributed by atoms with E-state index in [9.17, 15) is 25.2 Å². The molecule has 284 valence electrons. The second-order valence-corrected chi connectivity index (χ2v) is 14.7. The molecule has 5 rings (SSSR count). The number of ether oxygens (including phenoxy) is 3. The SMILES string of the molecule is O=C([C@@H](O)[C@@H](O)[C@H](O)[C@@H](O)CO)N(CCCCSc1ccc(Cl)c(COC2(c3cnccc3-c3ccccc3OC3CC3)CC2)c1)CCOCCO. The van der Waals surface area contributed by atoms with Gasteiger partial charge in [0.2, 0.25) is 0 Å². The lowest BCUT2D eigenvalue weighted by molar-refractivity contribution is -0.159. The highest BCUT2D eigenvalue weighted by atomic mass is 35.5. The predicted octanol–water partition coefficient (Wildman–Crippen LogP) is 3.29. The topological polar surface area (TPSA) is 182 Å². The fourth-order valence-electron chi connectivity index (χ4n) is 5.85. The first-order valence-corrected chi connectivity index (χ1v) is 19.1. The summed E-state index contributed by atoms with van der Waals surface area (Å²) in [6.07, 6.45) is 1.50. The van der Waals surface area contributed by atoms with Crippen LogP contribution >= 0.6 is 23.4 Å². The molecule has 1 heterocycles. The van der Waals surface area contributed by atoms with Gasteiger partial charge >= 0.3 is 0 Å². The molecule has 2 saturated carbocycles. The Labute approximate surface area is 313 Å². The van der Waals surface area contributed by atoms with Gasteiger partial charge in [-0.1, -0.05) is 29.8 Å². The average Bonchev–Trinajstić information content (AvgIpc) is 4.12. The molecule has 1 amide bonds. The number of hydrogen-bond acceptors (Lipinski definition) is 12. The van der Waals surface area contributed by atoms with E-state index in [0.29, 0.717) is 24.5 Å². The van der Waals surface area contributed by atoms with Crippen molar-refractivity contribution < 1.29 is 49.6 Å². The van der Waals surface area contributed by atoms with Gasteiger partial charge in [0, 0.05) is 46.5 Å². The van der Waals surface area contributed by atoms with E-state index < -0.39 is 42.5 Å². The number of unbranched alkanes of at least 4 members (excludes halogenated alkanes) is 1. The van der Waals surface area contributed by atoms with Gasteiger partial charge in [-0.3, -0.25) is 9.78 Å².